The van der Waals surface area contributed by atoms with Crippen LogP contribution in [0.4, 0.5) is 0 Å². The van der Waals surface area contributed by atoms with Crippen LogP contribution in [0, 0.1) is 5.92 Å². The van der Waals surface area contributed by atoms with Crippen LogP contribution < -0.4 is 5.32 Å². The highest BCUT2D eigenvalue weighted by Gasteiger charge is 2.33. The van der Waals surface area contributed by atoms with Crippen molar-refractivity contribution >= 4 is 11.6 Å². The molecule has 1 unspecified atom stereocenters. The molecule has 0 bridgehead atoms. The fourth-order valence-electron chi connectivity index (χ4n) is 2.35. The Kier molecular flexibility index (Phi) is 2.91. The fourth-order valence-corrected chi connectivity index (χ4v) is 2.47. The maximum Gasteiger partial charge on any atom is 0.0406 e. The highest BCUT2D eigenvalue weighted by Crippen LogP contribution is 2.42. The molecule has 1 atom stereocenters. The van der Waals surface area contributed by atoms with Crippen LogP contribution in [0.5, 0.6) is 0 Å². The number of benzene rings is 1. The quantitative estimate of drug-likeness (QED) is 0.823. The van der Waals surface area contributed by atoms with Crippen LogP contribution in [0.1, 0.15) is 37.2 Å². The molecule has 2 fully saturated rings. The van der Waals surface area contributed by atoms with Crippen molar-refractivity contribution in [3.8, 4) is 0 Å². The van der Waals surface area contributed by atoms with E-state index in [1.165, 1.54) is 31.2 Å². The summed E-state index contributed by atoms with van der Waals surface area (Å²) in [6.07, 6.45) is 5.55. The molecule has 1 aromatic rings. The topological polar surface area (TPSA) is 12.0 Å². The van der Waals surface area contributed by atoms with E-state index in [0.29, 0.717) is 5.92 Å². The van der Waals surface area contributed by atoms with Crippen LogP contribution >= 0.6 is 11.6 Å². The van der Waals surface area contributed by atoms with Crippen molar-refractivity contribution in [1.29, 1.82) is 0 Å². The molecule has 2 aliphatic carbocycles. The number of halogens is 1. The lowest BCUT2D eigenvalue weighted by Crippen LogP contribution is -2.24. The monoisotopic (exact) mass is 235 g/mol. The summed E-state index contributed by atoms with van der Waals surface area (Å²) < 4.78 is 0. The summed E-state index contributed by atoms with van der Waals surface area (Å²) in [5, 5.41) is 4.50. The van der Waals surface area contributed by atoms with Gasteiger partial charge in [-0.3, -0.25) is 0 Å². The summed E-state index contributed by atoms with van der Waals surface area (Å²) in [6, 6.07) is 9.24. The first-order valence-electron chi connectivity index (χ1n) is 6.32. The Morgan fingerprint density at radius 2 is 1.81 bits per heavy atom. The maximum absolute atomic E-state index is 5.93. The van der Waals surface area contributed by atoms with E-state index >= 15 is 0 Å². The van der Waals surface area contributed by atoms with Gasteiger partial charge < -0.3 is 5.32 Å². The minimum Gasteiger partial charge on any atom is -0.313 e. The summed E-state index contributed by atoms with van der Waals surface area (Å²) in [4.78, 5) is 0. The molecule has 0 aliphatic heterocycles. The third-order valence-corrected chi connectivity index (χ3v) is 3.94. The van der Waals surface area contributed by atoms with Crippen molar-refractivity contribution in [2.45, 2.75) is 37.6 Å². The van der Waals surface area contributed by atoms with E-state index < -0.39 is 0 Å². The van der Waals surface area contributed by atoms with Gasteiger partial charge in [-0.2, -0.15) is 0 Å². The van der Waals surface area contributed by atoms with E-state index in [-0.39, 0.29) is 0 Å². The van der Waals surface area contributed by atoms with Crippen LogP contribution in [0.25, 0.3) is 0 Å². The van der Waals surface area contributed by atoms with E-state index in [9.17, 15) is 0 Å². The van der Waals surface area contributed by atoms with Crippen molar-refractivity contribution in [2.75, 3.05) is 6.54 Å². The Balaban J connectivity index is 1.68. The first-order valence-corrected chi connectivity index (χ1v) is 6.69. The Hall–Kier alpha value is -0.530. The molecule has 0 aromatic heterocycles. The standard InChI is InChI=1S/C14H18ClN/c15-12-5-3-11(4-6-12)14(10-1-2-10)9-16-13-7-8-13/h3-6,10,13-14,16H,1-2,7-9H2. The van der Waals surface area contributed by atoms with Crippen LogP contribution in [0.15, 0.2) is 24.3 Å². The van der Waals surface area contributed by atoms with Crippen molar-refractivity contribution in [3.05, 3.63) is 34.9 Å². The lowest BCUT2D eigenvalue weighted by atomic mass is 9.94. The number of hydrogen-bond donors (Lipinski definition) is 1. The van der Waals surface area contributed by atoms with E-state index in [1.807, 2.05) is 12.1 Å². The second kappa shape index (κ2) is 4.38. The normalized spacial score (nSPS) is 22.1. The third kappa shape index (κ3) is 2.58. The van der Waals surface area contributed by atoms with E-state index in [4.69, 9.17) is 11.6 Å². The van der Waals surface area contributed by atoms with Gasteiger partial charge >= 0.3 is 0 Å². The van der Waals surface area contributed by atoms with E-state index in [0.717, 1.165) is 23.5 Å². The van der Waals surface area contributed by atoms with Gasteiger partial charge in [0.15, 0.2) is 0 Å². The second-order valence-corrected chi connectivity index (χ2v) is 5.61. The summed E-state index contributed by atoms with van der Waals surface area (Å²) in [6.45, 7) is 1.15. The first kappa shape index (κ1) is 10.6. The fraction of sp³-hybridized carbons (Fsp3) is 0.571. The summed E-state index contributed by atoms with van der Waals surface area (Å²) in [7, 11) is 0. The molecule has 0 saturated heterocycles. The van der Waals surface area contributed by atoms with E-state index in [1.54, 1.807) is 0 Å². The molecule has 0 amide bonds. The van der Waals surface area contributed by atoms with Crippen LogP contribution in [0.3, 0.4) is 0 Å². The molecular weight excluding hydrogens is 218 g/mol. The van der Waals surface area contributed by atoms with Crippen molar-refractivity contribution < 1.29 is 0 Å². The summed E-state index contributed by atoms with van der Waals surface area (Å²) >= 11 is 5.93. The third-order valence-electron chi connectivity index (χ3n) is 3.69. The molecule has 0 radical (unpaired) electrons. The van der Waals surface area contributed by atoms with Crippen molar-refractivity contribution in [1.82, 2.24) is 5.32 Å². The van der Waals surface area contributed by atoms with E-state index in [2.05, 4.69) is 17.4 Å². The SMILES string of the molecule is Clc1ccc(C(CNC2CC2)C2CC2)cc1. The Morgan fingerprint density at radius 3 is 2.38 bits per heavy atom. The first-order chi connectivity index (χ1) is 7.83. The minimum atomic E-state index is 0.706. The van der Waals surface area contributed by atoms with Gasteiger partial charge in [-0.15, -0.1) is 0 Å². The Morgan fingerprint density at radius 1 is 1.12 bits per heavy atom. The molecule has 86 valence electrons. The molecule has 2 heteroatoms. The number of hydrogen-bond acceptors (Lipinski definition) is 1. The average molecular weight is 236 g/mol. The molecule has 1 nitrogen and oxygen atoms in total. The molecule has 16 heavy (non-hydrogen) atoms. The average Bonchev–Trinajstić information content (AvgIpc) is 3.15. The lowest BCUT2D eigenvalue weighted by molar-refractivity contribution is 0.533. The molecule has 1 aromatic carbocycles. The Bertz CT molecular complexity index is 352. The lowest BCUT2D eigenvalue weighted by Gasteiger charge is -2.17. The smallest absolute Gasteiger partial charge is 0.0406 e. The zero-order valence-electron chi connectivity index (χ0n) is 9.45. The Labute approximate surface area is 102 Å². The maximum atomic E-state index is 5.93. The zero-order chi connectivity index (χ0) is 11.0. The van der Waals surface area contributed by atoms with Gasteiger partial charge in [0, 0.05) is 17.6 Å². The predicted molar refractivity (Wildman–Crippen MR) is 67.9 cm³/mol. The minimum absolute atomic E-state index is 0.706. The number of nitrogens with one attached hydrogen (secondary N) is 1. The van der Waals surface area contributed by atoms with Crippen LogP contribution in [0.2, 0.25) is 5.02 Å². The van der Waals surface area contributed by atoms with Gasteiger partial charge in [0.25, 0.3) is 0 Å². The molecule has 2 aliphatic rings. The van der Waals surface area contributed by atoms with Crippen LogP contribution in [-0.2, 0) is 0 Å². The molecule has 0 spiro atoms. The number of rotatable bonds is 5. The van der Waals surface area contributed by atoms with Gasteiger partial charge in [0.05, 0.1) is 0 Å². The molecule has 2 saturated carbocycles. The zero-order valence-corrected chi connectivity index (χ0v) is 10.2. The second-order valence-electron chi connectivity index (χ2n) is 5.18. The summed E-state index contributed by atoms with van der Waals surface area (Å²) in [5.41, 5.74) is 1.46. The molecule has 0 heterocycles. The largest absolute Gasteiger partial charge is 0.313 e. The van der Waals surface area contributed by atoms with Crippen molar-refractivity contribution in [2.24, 2.45) is 5.92 Å². The van der Waals surface area contributed by atoms with Crippen molar-refractivity contribution in [3.63, 3.8) is 0 Å². The van der Waals surface area contributed by atoms with Gasteiger partial charge in [0.2, 0.25) is 0 Å². The molecule has 1 N–H and O–H groups in total. The molecule has 3 rings (SSSR count). The molecular formula is C14H18ClN. The highest BCUT2D eigenvalue weighted by molar-refractivity contribution is 6.30. The van der Waals surface area contributed by atoms with Gasteiger partial charge in [-0.25, -0.2) is 0 Å². The predicted octanol–water partition coefficient (Wildman–Crippen LogP) is 3.59. The van der Waals surface area contributed by atoms with Gasteiger partial charge in [-0.1, -0.05) is 23.7 Å². The highest BCUT2D eigenvalue weighted by atomic mass is 35.5. The van der Waals surface area contributed by atoms with Crippen LogP contribution in [-0.4, -0.2) is 12.6 Å². The van der Waals surface area contributed by atoms with Gasteiger partial charge in [-0.05, 0) is 55.2 Å². The summed E-state index contributed by atoms with van der Waals surface area (Å²) in [5.74, 6) is 1.62. The van der Waals surface area contributed by atoms with Gasteiger partial charge in [0.1, 0.15) is 0 Å².